The predicted octanol–water partition coefficient (Wildman–Crippen LogP) is 6.05. The van der Waals surface area contributed by atoms with Crippen molar-refractivity contribution >= 4 is 38.4 Å². The van der Waals surface area contributed by atoms with Gasteiger partial charge in [-0.2, -0.15) is 5.10 Å². The number of hydrogen-bond acceptors (Lipinski definition) is 2. The predicted molar refractivity (Wildman–Crippen MR) is 105 cm³/mol. The Kier molecular flexibility index (Phi) is 2.61. The van der Waals surface area contributed by atoms with Gasteiger partial charge in [0.05, 0.1) is 16.7 Å². The molecule has 3 aromatic heterocycles. The molecule has 0 amide bonds. The smallest absolute Gasteiger partial charge is 0.144 e. The van der Waals surface area contributed by atoms with Crippen LogP contribution in [0.2, 0.25) is 0 Å². The molecule has 6 aromatic rings. The summed E-state index contributed by atoms with van der Waals surface area (Å²) in [5.41, 5.74) is 5.92. The van der Waals surface area contributed by atoms with Gasteiger partial charge in [-0.05, 0) is 30.3 Å². The van der Waals surface area contributed by atoms with Crippen LogP contribution in [0.5, 0.6) is 0 Å². The van der Waals surface area contributed by atoms with Gasteiger partial charge in [-0.15, -0.1) is 0 Å². The highest BCUT2D eigenvalue weighted by molar-refractivity contribution is 6.09. The van der Waals surface area contributed by atoms with Crippen molar-refractivity contribution in [2.75, 3.05) is 0 Å². The van der Waals surface area contributed by atoms with E-state index in [0.29, 0.717) is 0 Å². The number of rotatable bonds is 1. The van der Waals surface area contributed by atoms with E-state index in [0.717, 1.165) is 44.2 Å². The maximum absolute atomic E-state index is 6.17. The van der Waals surface area contributed by atoms with Crippen LogP contribution < -0.4 is 0 Å². The number of hydrogen-bond donors (Lipinski definition) is 0. The molecule has 0 saturated heterocycles. The number of aromatic nitrogens is 2. The maximum Gasteiger partial charge on any atom is 0.144 e. The van der Waals surface area contributed by atoms with Crippen LogP contribution in [-0.4, -0.2) is 9.61 Å². The monoisotopic (exact) mass is 334 g/mol. The molecule has 0 spiro atoms. The highest BCUT2D eigenvalue weighted by Crippen LogP contribution is 2.35. The van der Waals surface area contributed by atoms with Crippen LogP contribution in [0, 0.1) is 0 Å². The third-order valence-corrected chi connectivity index (χ3v) is 5.02. The quantitative estimate of drug-likeness (QED) is 0.366. The number of furan rings is 1. The Morgan fingerprint density at radius 2 is 1.58 bits per heavy atom. The summed E-state index contributed by atoms with van der Waals surface area (Å²) in [5.74, 6) is 0. The first-order chi connectivity index (χ1) is 12.9. The molecule has 0 aliphatic rings. The Morgan fingerprint density at radius 3 is 2.58 bits per heavy atom. The number of benzene rings is 3. The highest BCUT2D eigenvalue weighted by Gasteiger charge is 2.14. The van der Waals surface area contributed by atoms with Gasteiger partial charge in [0.1, 0.15) is 11.2 Å². The fourth-order valence-electron chi connectivity index (χ4n) is 3.78. The molecular formula is C23H14N2O. The van der Waals surface area contributed by atoms with Crippen molar-refractivity contribution in [3.63, 3.8) is 0 Å². The van der Waals surface area contributed by atoms with Gasteiger partial charge in [0.15, 0.2) is 0 Å². The van der Waals surface area contributed by atoms with Gasteiger partial charge in [0.2, 0.25) is 0 Å². The second-order valence-corrected chi connectivity index (χ2v) is 6.54. The summed E-state index contributed by atoms with van der Waals surface area (Å²) in [5, 5.41) is 8.33. The Labute approximate surface area is 149 Å². The first-order valence-electron chi connectivity index (χ1n) is 8.67. The normalized spacial score (nSPS) is 11.8. The van der Waals surface area contributed by atoms with Crippen LogP contribution in [0.4, 0.5) is 0 Å². The van der Waals surface area contributed by atoms with Crippen molar-refractivity contribution in [1.82, 2.24) is 9.61 Å². The maximum atomic E-state index is 6.17. The van der Waals surface area contributed by atoms with Crippen LogP contribution in [0.15, 0.2) is 89.3 Å². The van der Waals surface area contributed by atoms with Crippen LogP contribution >= 0.6 is 0 Å². The van der Waals surface area contributed by atoms with E-state index in [1.54, 1.807) is 0 Å². The van der Waals surface area contributed by atoms with E-state index in [2.05, 4.69) is 54.6 Å². The molecular weight excluding hydrogens is 320 g/mol. The number of fused-ring (bicyclic) bond motifs is 6. The van der Waals surface area contributed by atoms with Gasteiger partial charge in [0, 0.05) is 21.7 Å². The minimum Gasteiger partial charge on any atom is -0.455 e. The number of pyridine rings is 1. The van der Waals surface area contributed by atoms with Crippen molar-refractivity contribution in [2.24, 2.45) is 0 Å². The summed E-state index contributed by atoms with van der Waals surface area (Å²) in [6, 6.07) is 29.1. The van der Waals surface area contributed by atoms with Crippen molar-refractivity contribution in [2.45, 2.75) is 0 Å². The molecule has 0 atom stereocenters. The Morgan fingerprint density at radius 1 is 0.731 bits per heavy atom. The van der Waals surface area contributed by atoms with Crippen LogP contribution in [0.3, 0.4) is 0 Å². The van der Waals surface area contributed by atoms with E-state index in [9.17, 15) is 0 Å². The van der Waals surface area contributed by atoms with E-state index in [1.807, 2.05) is 34.8 Å². The van der Waals surface area contributed by atoms with Gasteiger partial charge in [-0.1, -0.05) is 54.6 Å². The molecule has 26 heavy (non-hydrogen) atoms. The zero-order valence-corrected chi connectivity index (χ0v) is 13.9. The van der Waals surface area contributed by atoms with Crippen molar-refractivity contribution in [1.29, 1.82) is 0 Å². The second-order valence-electron chi connectivity index (χ2n) is 6.54. The van der Waals surface area contributed by atoms with Crippen molar-refractivity contribution in [3.8, 4) is 11.3 Å². The first-order valence-corrected chi connectivity index (χ1v) is 8.67. The summed E-state index contributed by atoms with van der Waals surface area (Å²) in [6.45, 7) is 0. The van der Waals surface area contributed by atoms with E-state index >= 15 is 0 Å². The molecule has 3 nitrogen and oxygen atoms in total. The molecule has 0 aliphatic carbocycles. The average molecular weight is 334 g/mol. The largest absolute Gasteiger partial charge is 0.455 e. The molecule has 0 bridgehead atoms. The Bertz CT molecular complexity index is 1440. The van der Waals surface area contributed by atoms with Gasteiger partial charge in [0.25, 0.3) is 0 Å². The van der Waals surface area contributed by atoms with Gasteiger partial charge >= 0.3 is 0 Å². The van der Waals surface area contributed by atoms with E-state index in [4.69, 9.17) is 9.52 Å². The third kappa shape index (κ3) is 1.80. The summed E-state index contributed by atoms with van der Waals surface area (Å²) in [6.07, 6.45) is 0. The molecule has 0 fully saturated rings. The third-order valence-electron chi connectivity index (χ3n) is 5.02. The molecule has 0 unspecified atom stereocenters. The molecule has 0 saturated carbocycles. The summed E-state index contributed by atoms with van der Waals surface area (Å²) in [4.78, 5) is 0. The van der Waals surface area contributed by atoms with Gasteiger partial charge in [-0.25, -0.2) is 4.52 Å². The molecule has 0 aliphatic heterocycles. The minimum atomic E-state index is 0.890. The molecule has 3 heterocycles. The van der Waals surface area contributed by atoms with Gasteiger partial charge < -0.3 is 4.42 Å². The fourth-order valence-corrected chi connectivity index (χ4v) is 3.78. The molecule has 0 N–H and O–H groups in total. The zero-order chi connectivity index (χ0) is 17.1. The summed E-state index contributed by atoms with van der Waals surface area (Å²) < 4.78 is 8.18. The molecule has 6 rings (SSSR count). The summed E-state index contributed by atoms with van der Waals surface area (Å²) >= 11 is 0. The molecule has 122 valence electrons. The lowest BCUT2D eigenvalue weighted by atomic mass is 10.1. The number of nitrogens with zero attached hydrogens (tertiary/aromatic N) is 2. The van der Waals surface area contributed by atoms with Crippen molar-refractivity contribution < 1.29 is 4.42 Å². The van der Waals surface area contributed by atoms with E-state index in [1.165, 1.54) is 5.39 Å². The Hall–Kier alpha value is -3.59. The topological polar surface area (TPSA) is 30.4 Å². The first kappa shape index (κ1) is 13.7. The van der Waals surface area contributed by atoms with Crippen molar-refractivity contribution in [3.05, 3.63) is 84.9 Å². The SMILES string of the molecule is c1ccc2c(c1)ccc1cc(-c3cccc4c3oc3ccccc34)nn12. The lowest BCUT2D eigenvalue weighted by molar-refractivity contribution is 0.669. The lowest BCUT2D eigenvalue weighted by Crippen LogP contribution is -1.90. The molecule has 3 aromatic carbocycles. The summed E-state index contributed by atoms with van der Waals surface area (Å²) in [7, 11) is 0. The number of para-hydroxylation sites is 3. The van der Waals surface area contributed by atoms with E-state index in [-0.39, 0.29) is 0 Å². The minimum absolute atomic E-state index is 0.890. The molecule has 3 heteroatoms. The fraction of sp³-hybridized carbons (Fsp3) is 0. The Balaban J connectivity index is 1.69. The highest BCUT2D eigenvalue weighted by atomic mass is 16.3. The lowest BCUT2D eigenvalue weighted by Gasteiger charge is -2.00. The van der Waals surface area contributed by atoms with Gasteiger partial charge in [-0.3, -0.25) is 0 Å². The van der Waals surface area contributed by atoms with E-state index < -0.39 is 0 Å². The second kappa shape index (κ2) is 4.96. The zero-order valence-electron chi connectivity index (χ0n) is 13.9. The van der Waals surface area contributed by atoms with Crippen LogP contribution in [0.25, 0.3) is 49.6 Å². The standard InChI is InChI=1S/C23H14N2O/c1-3-10-21-15(6-1)12-13-16-14-20(24-25(16)21)19-9-5-8-18-17-7-2-4-11-22(17)26-23(18)19/h1-14H. The molecule has 0 radical (unpaired) electrons. The average Bonchev–Trinajstić information content (AvgIpc) is 3.29. The van der Waals surface area contributed by atoms with Crippen LogP contribution in [-0.2, 0) is 0 Å². The van der Waals surface area contributed by atoms with Crippen LogP contribution in [0.1, 0.15) is 0 Å².